The summed E-state index contributed by atoms with van der Waals surface area (Å²) < 4.78 is 11.5. The maximum Gasteiger partial charge on any atom is 0.324 e. The van der Waals surface area contributed by atoms with Gasteiger partial charge in [0.15, 0.2) is 0 Å². The fourth-order valence-electron chi connectivity index (χ4n) is 9.76. The monoisotopic (exact) mass is 775 g/mol. The summed E-state index contributed by atoms with van der Waals surface area (Å²) in [7, 11) is 0. The highest BCUT2D eigenvalue weighted by Gasteiger charge is 2.36. The van der Waals surface area contributed by atoms with Crippen LogP contribution in [0.4, 0.5) is 9.59 Å². The Balaban J connectivity index is 1.04. The van der Waals surface area contributed by atoms with Crippen LogP contribution in [0.1, 0.15) is 140 Å². The fraction of sp³-hybridized carbons (Fsp3) is 0.773. The third kappa shape index (κ3) is 11.4. The molecule has 0 aromatic heterocycles. The van der Waals surface area contributed by atoms with Crippen molar-refractivity contribution >= 4 is 24.0 Å². The van der Waals surface area contributed by atoms with Crippen molar-refractivity contribution in [2.75, 3.05) is 52.6 Å². The molecule has 12 nitrogen and oxygen atoms in total. The largest absolute Gasteiger partial charge is 0.378 e. The van der Waals surface area contributed by atoms with Crippen LogP contribution in [-0.2, 0) is 22.6 Å². The highest BCUT2D eigenvalue weighted by molar-refractivity contribution is 5.97. The van der Waals surface area contributed by atoms with Gasteiger partial charge in [-0.2, -0.15) is 0 Å². The van der Waals surface area contributed by atoms with E-state index in [0.29, 0.717) is 39.5 Å². The van der Waals surface area contributed by atoms with E-state index in [-0.39, 0.29) is 36.2 Å². The lowest BCUT2D eigenvalue weighted by Crippen LogP contribution is -2.58. The second-order valence-corrected chi connectivity index (χ2v) is 17.1. The normalized spacial score (nSPS) is 23.1. The van der Waals surface area contributed by atoms with E-state index in [1.807, 2.05) is 15.9 Å². The Labute approximate surface area is 336 Å². The van der Waals surface area contributed by atoms with Crippen molar-refractivity contribution < 1.29 is 19.1 Å². The van der Waals surface area contributed by atoms with Crippen molar-refractivity contribution in [2.45, 2.75) is 166 Å². The Morgan fingerprint density at radius 3 is 1.29 bits per heavy atom. The van der Waals surface area contributed by atoms with Gasteiger partial charge in [0.1, 0.15) is 0 Å². The van der Waals surface area contributed by atoms with Gasteiger partial charge in [-0.25, -0.2) is 19.6 Å². The number of carbonyl (C=O) groups excluding carboxylic acids is 2. The number of urea groups is 2. The number of ether oxygens (including phenoxy) is 2. The number of carbonyl (C=O) groups is 2. The van der Waals surface area contributed by atoms with Gasteiger partial charge in [0.2, 0.25) is 11.9 Å². The standard InChI is InChI=1S/C44H70N8O4/c53-43(51(39-20-9-3-10-21-39)41(49-24-28-55-29-25-49)47-37-16-5-1-6-17-37)45-33-35-14-13-15-36(32-35)34-46-44(54)52(40-22-11-4-12-23-40)42(50-26-30-56-31-27-50)48-38-18-7-2-8-19-38/h13-15,32,37-40H,1-12,16-31,33-34H2,(H,45,53)(H,46,54). The lowest BCUT2D eigenvalue weighted by atomic mass is 9.94. The number of hydrogen-bond acceptors (Lipinski definition) is 6. The zero-order chi connectivity index (χ0) is 38.4. The maximum absolute atomic E-state index is 14.4. The Morgan fingerprint density at radius 2 is 0.911 bits per heavy atom. The maximum atomic E-state index is 14.4. The SMILES string of the molecule is O=C(NCc1cccc(CNC(=O)N(C(=NC2CCCCC2)N2CCOCC2)C2CCCCC2)c1)N(C(=NC1CCCCC1)N1CCOCC1)C1CCCCC1. The number of nitrogens with one attached hydrogen (secondary N) is 2. The summed E-state index contributed by atoms with van der Waals surface area (Å²) in [5.74, 6) is 1.71. The summed E-state index contributed by atoms with van der Waals surface area (Å²) >= 11 is 0. The predicted octanol–water partition coefficient (Wildman–Crippen LogP) is 7.42. The van der Waals surface area contributed by atoms with E-state index < -0.39 is 0 Å². The van der Waals surface area contributed by atoms with Gasteiger partial charge >= 0.3 is 12.1 Å². The summed E-state index contributed by atoms with van der Waals surface area (Å²) in [5, 5.41) is 6.64. The number of guanidine groups is 2. The molecule has 0 radical (unpaired) electrons. The third-order valence-corrected chi connectivity index (χ3v) is 13.0. The molecule has 1 aromatic rings. The van der Waals surface area contributed by atoms with Crippen LogP contribution in [-0.4, -0.2) is 120 Å². The van der Waals surface area contributed by atoms with E-state index in [2.05, 4.69) is 38.6 Å². The molecule has 4 amide bonds. The number of aliphatic imine (C=N–C) groups is 2. The predicted molar refractivity (Wildman–Crippen MR) is 222 cm³/mol. The van der Waals surface area contributed by atoms with Gasteiger partial charge in [0.05, 0.1) is 38.5 Å². The molecule has 0 atom stereocenters. The van der Waals surface area contributed by atoms with Gasteiger partial charge in [-0.05, 0) is 62.5 Å². The van der Waals surface area contributed by atoms with Crippen LogP contribution in [0.2, 0.25) is 0 Å². The molecule has 0 spiro atoms. The highest BCUT2D eigenvalue weighted by Crippen LogP contribution is 2.29. The first-order valence-corrected chi connectivity index (χ1v) is 22.7. The average molecular weight is 775 g/mol. The summed E-state index contributed by atoms with van der Waals surface area (Å²) in [6.45, 7) is 6.49. The molecule has 1 aromatic carbocycles. The van der Waals surface area contributed by atoms with Crippen LogP contribution in [0.5, 0.6) is 0 Å². The molecule has 4 aliphatic carbocycles. The molecule has 56 heavy (non-hydrogen) atoms. The van der Waals surface area contributed by atoms with Crippen molar-refractivity contribution in [3.05, 3.63) is 35.4 Å². The van der Waals surface area contributed by atoms with Gasteiger partial charge in [-0.3, -0.25) is 9.80 Å². The van der Waals surface area contributed by atoms with E-state index in [1.54, 1.807) is 0 Å². The van der Waals surface area contributed by atoms with Crippen molar-refractivity contribution in [1.82, 2.24) is 30.2 Å². The highest BCUT2D eigenvalue weighted by atomic mass is 16.5. The quantitative estimate of drug-likeness (QED) is 0.210. The van der Waals surface area contributed by atoms with Crippen LogP contribution in [0.25, 0.3) is 0 Å². The molecule has 6 aliphatic rings. The first kappa shape index (κ1) is 40.8. The van der Waals surface area contributed by atoms with Crippen LogP contribution < -0.4 is 10.6 Å². The number of morpholine rings is 2. The molecular weight excluding hydrogens is 705 g/mol. The molecule has 2 N–H and O–H groups in total. The summed E-state index contributed by atoms with van der Waals surface area (Å²) in [4.78, 5) is 48.2. The number of hydrogen-bond donors (Lipinski definition) is 2. The van der Waals surface area contributed by atoms with Crippen molar-refractivity contribution in [3.8, 4) is 0 Å². The first-order chi connectivity index (χ1) is 27.6. The molecule has 2 heterocycles. The molecule has 0 bridgehead atoms. The summed E-state index contributed by atoms with van der Waals surface area (Å²) in [6, 6.07) is 8.99. The minimum Gasteiger partial charge on any atom is -0.378 e. The van der Waals surface area contributed by atoms with Crippen LogP contribution >= 0.6 is 0 Å². The van der Waals surface area contributed by atoms with E-state index >= 15 is 0 Å². The Morgan fingerprint density at radius 1 is 0.554 bits per heavy atom. The number of rotatable bonds is 8. The van der Waals surface area contributed by atoms with Gasteiger partial charge in [0, 0.05) is 51.4 Å². The number of amides is 4. The third-order valence-electron chi connectivity index (χ3n) is 13.0. The smallest absolute Gasteiger partial charge is 0.324 e. The van der Waals surface area contributed by atoms with Crippen molar-refractivity contribution in [3.63, 3.8) is 0 Å². The Bertz CT molecular complexity index is 1330. The summed E-state index contributed by atoms with van der Waals surface area (Å²) in [6.07, 6.45) is 22.8. The van der Waals surface area contributed by atoms with Gasteiger partial charge in [-0.15, -0.1) is 0 Å². The molecule has 7 rings (SSSR count). The first-order valence-electron chi connectivity index (χ1n) is 22.7. The van der Waals surface area contributed by atoms with E-state index in [4.69, 9.17) is 19.5 Å². The molecule has 2 saturated heterocycles. The average Bonchev–Trinajstić information content (AvgIpc) is 3.27. The lowest BCUT2D eigenvalue weighted by Gasteiger charge is -2.41. The van der Waals surface area contributed by atoms with Gasteiger partial charge in [-0.1, -0.05) is 101 Å². The molecule has 12 heteroatoms. The molecule has 6 fully saturated rings. The van der Waals surface area contributed by atoms with Gasteiger partial charge in [0.25, 0.3) is 0 Å². The second-order valence-electron chi connectivity index (χ2n) is 17.1. The zero-order valence-corrected chi connectivity index (χ0v) is 34.1. The Hall–Kier alpha value is -3.38. The second kappa shape index (κ2) is 21.4. The van der Waals surface area contributed by atoms with Crippen molar-refractivity contribution in [1.29, 1.82) is 0 Å². The van der Waals surface area contributed by atoms with Crippen LogP contribution in [0.3, 0.4) is 0 Å². The molecule has 4 saturated carbocycles. The van der Waals surface area contributed by atoms with Gasteiger partial charge < -0.3 is 29.9 Å². The van der Waals surface area contributed by atoms with E-state index in [1.165, 1.54) is 51.4 Å². The minimum absolute atomic E-state index is 0.0623. The fourth-order valence-corrected chi connectivity index (χ4v) is 9.76. The van der Waals surface area contributed by atoms with Crippen molar-refractivity contribution in [2.24, 2.45) is 9.98 Å². The van der Waals surface area contributed by atoms with Crippen LogP contribution in [0, 0.1) is 0 Å². The minimum atomic E-state index is -0.0623. The molecule has 310 valence electrons. The Kier molecular flexibility index (Phi) is 15.6. The van der Waals surface area contributed by atoms with E-state index in [0.717, 1.165) is 126 Å². The topological polar surface area (TPSA) is 114 Å². The number of benzene rings is 1. The zero-order valence-electron chi connectivity index (χ0n) is 34.1. The molecule has 2 aliphatic heterocycles. The van der Waals surface area contributed by atoms with E-state index in [9.17, 15) is 9.59 Å². The molecular formula is C44H70N8O4. The molecule has 0 unspecified atom stereocenters. The van der Waals surface area contributed by atoms with Crippen LogP contribution in [0.15, 0.2) is 34.3 Å². The summed E-state index contributed by atoms with van der Waals surface area (Å²) in [5.41, 5.74) is 2.03. The number of nitrogens with zero attached hydrogens (tertiary/aromatic N) is 6. The lowest BCUT2D eigenvalue weighted by molar-refractivity contribution is 0.0605.